The molecule has 0 unspecified atom stereocenters. The van der Waals surface area contributed by atoms with Crippen LogP contribution in [0.5, 0.6) is 0 Å². The SMILES string of the molecule is CCNC(=NCC1(CCOC)CCC1)N(C)Cc1cc(Br)cn1C. The number of nitrogens with one attached hydrogen (secondary N) is 1. The van der Waals surface area contributed by atoms with Gasteiger partial charge in [0.1, 0.15) is 0 Å². The summed E-state index contributed by atoms with van der Waals surface area (Å²) < 4.78 is 8.55. The zero-order valence-electron chi connectivity index (χ0n) is 15.4. The Bertz CT molecular complexity index is 551. The van der Waals surface area contributed by atoms with Crippen LogP contribution in [0.4, 0.5) is 0 Å². The van der Waals surface area contributed by atoms with E-state index in [0.29, 0.717) is 5.41 Å². The zero-order chi connectivity index (χ0) is 17.6. The average molecular weight is 399 g/mol. The lowest BCUT2D eigenvalue weighted by Crippen LogP contribution is -2.41. The van der Waals surface area contributed by atoms with Gasteiger partial charge >= 0.3 is 0 Å². The van der Waals surface area contributed by atoms with Crippen LogP contribution < -0.4 is 5.32 Å². The smallest absolute Gasteiger partial charge is 0.194 e. The molecular formula is C18H31BrN4O. The van der Waals surface area contributed by atoms with Gasteiger partial charge in [-0.05, 0) is 53.6 Å². The van der Waals surface area contributed by atoms with E-state index in [0.717, 1.165) is 43.1 Å². The summed E-state index contributed by atoms with van der Waals surface area (Å²) in [5, 5.41) is 3.43. The number of aromatic nitrogens is 1. The molecule has 24 heavy (non-hydrogen) atoms. The molecule has 0 saturated heterocycles. The summed E-state index contributed by atoms with van der Waals surface area (Å²) in [4.78, 5) is 7.15. The van der Waals surface area contributed by atoms with Gasteiger partial charge in [0.25, 0.3) is 0 Å². The normalized spacial score (nSPS) is 16.8. The monoisotopic (exact) mass is 398 g/mol. The molecule has 0 radical (unpaired) electrons. The minimum absolute atomic E-state index is 0.353. The van der Waals surface area contributed by atoms with E-state index < -0.39 is 0 Å². The molecule has 1 heterocycles. The molecule has 0 atom stereocenters. The summed E-state index contributed by atoms with van der Waals surface area (Å²) in [7, 11) is 5.96. The van der Waals surface area contributed by atoms with Crippen molar-refractivity contribution in [2.24, 2.45) is 17.5 Å². The van der Waals surface area contributed by atoms with Gasteiger partial charge in [0, 0.05) is 57.3 Å². The van der Waals surface area contributed by atoms with E-state index in [2.05, 4.69) is 64.0 Å². The van der Waals surface area contributed by atoms with Gasteiger partial charge in [0.15, 0.2) is 5.96 Å². The van der Waals surface area contributed by atoms with E-state index in [-0.39, 0.29) is 0 Å². The number of hydrogen-bond acceptors (Lipinski definition) is 2. The predicted octanol–water partition coefficient (Wildman–Crippen LogP) is 3.39. The number of aryl methyl sites for hydroxylation is 1. The number of ether oxygens (including phenoxy) is 1. The number of aliphatic imine (C=N–C) groups is 1. The summed E-state index contributed by atoms with van der Waals surface area (Å²) >= 11 is 3.54. The van der Waals surface area contributed by atoms with Crippen LogP contribution in [0.15, 0.2) is 21.7 Å². The number of halogens is 1. The molecule has 1 aliphatic rings. The first-order valence-electron chi connectivity index (χ1n) is 8.79. The third-order valence-corrected chi connectivity index (χ3v) is 5.42. The Morgan fingerprint density at radius 3 is 2.75 bits per heavy atom. The molecule has 1 aromatic heterocycles. The summed E-state index contributed by atoms with van der Waals surface area (Å²) in [6.07, 6.45) is 7.06. The first-order chi connectivity index (χ1) is 11.5. The number of guanidine groups is 1. The Morgan fingerprint density at radius 1 is 1.50 bits per heavy atom. The first kappa shape index (κ1) is 19.3. The molecule has 1 saturated carbocycles. The summed E-state index contributed by atoms with van der Waals surface area (Å²) in [6, 6.07) is 2.16. The zero-order valence-corrected chi connectivity index (χ0v) is 17.0. The lowest BCUT2D eigenvalue weighted by Gasteiger charge is -2.41. The fourth-order valence-corrected chi connectivity index (χ4v) is 3.81. The maximum atomic E-state index is 5.29. The molecule has 2 rings (SSSR count). The van der Waals surface area contributed by atoms with Crippen molar-refractivity contribution < 1.29 is 4.74 Å². The van der Waals surface area contributed by atoms with Gasteiger partial charge in [-0.25, -0.2) is 0 Å². The fourth-order valence-electron chi connectivity index (χ4n) is 3.24. The molecule has 1 fully saturated rings. The Hall–Kier alpha value is -1.01. The number of nitrogens with zero attached hydrogens (tertiary/aromatic N) is 3. The van der Waals surface area contributed by atoms with Crippen molar-refractivity contribution in [2.75, 3.05) is 33.9 Å². The first-order valence-corrected chi connectivity index (χ1v) is 9.58. The van der Waals surface area contributed by atoms with Crippen LogP contribution in [0, 0.1) is 5.41 Å². The highest BCUT2D eigenvalue weighted by Crippen LogP contribution is 2.44. The van der Waals surface area contributed by atoms with Crippen LogP contribution in [0.1, 0.15) is 38.3 Å². The van der Waals surface area contributed by atoms with Crippen molar-refractivity contribution >= 4 is 21.9 Å². The Kier molecular flexibility index (Phi) is 7.16. The van der Waals surface area contributed by atoms with Crippen LogP contribution in [0.3, 0.4) is 0 Å². The largest absolute Gasteiger partial charge is 0.385 e. The number of methoxy groups -OCH3 is 1. The molecule has 0 amide bonds. The molecule has 0 aliphatic heterocycles. The van der Waals surface area contributed by atoms with E-state index in [4.69, 9.17) is 9.73 Å². The Morgan fingerprint density at radius 2 is 2.25 bits per heavy atom. The fraction of sp³-hybridized carbons (Fsp3) is 0.722. The molecule has 1 aliphatic carbocycles. The standard InChI is InChI=1S/C18H31BrN4O/c1-5-20-17(21-14-18(7-6-8-18)9-10-24-4)23(3)13-16-11-15(19)12-22(16)2/h11-12H,5-10,13-14H2,1-4H3,(H,20,21). The van der Waals surface area contributed by atoms with Crippen molar-refractivity contribution in [1.82, 2.24) is 14.8 Å². The van der Waals surface area contributed by atoms with Crippen molar-refractivity contribution in [3.63, 3.8) is 0 Å². The predicted molar refractivity (Wildman–Crippen MR) is 103 cm³/mol. The van der Waals surface area contributed by atoms with Crippen LogP contribution in [-0.2, 0) is 18.3 Å². The van der Waals surface area contributed by atoms with Gasteiger partial charge in [-0.1, -0.05) is 6.42 Å². The van der Waals surface area contributed by atoms with Crippen molar-refractivity contribution in [2.45, 2.75) is 39.2 Å². The average Bonchev–Trinajstić information content (AvgIpc) is 2.82. The van der Waals surface area contributed by atoms with Crippen LogP contribution in [-0.4, -0.2) is 49.3 Å². The number of hydrogen-bond donors (Lipinski definition) is 1. The van der Waals surface area contributed by atoms with Crippen LogP contribution >= 0.6 is 15.9 Å². The van der Waals surface area contributed by atoms with Crippen LogP contribution in [0.2, 0.25) is 0 Å². The lowest BCUT2D eigenvalue weighted by molar-refractivity contribution is 0.0776. The minimum Gasteiger partial charge on any atom is -0.385 e. The topological polar surface area (TPSA) is 41.8 Å². The second kappa shape index (κ2) is 8.90. The number of rotatable bonds is 8. The van der Waals surface area contributed by atoms with Gasteiger partial charge < -0.3 is 19.5 Å². The molecule has 5 nitrogen and oxygen atoms in total. The molecule has 0 spiro atoms. The molecule has 0 aromatic carbocycles. The quantitative estimate of drug-likeness (QED) is 0.538. The second-order valence-corrected chi connectivity index (χ2v) is 7.80. The van der Waals surface area contributed by atoms with E-state index in [9.17, 15) is 0 Å². The highest BCUT2D eigenvalue weighted by molar-refractivity contribution is 9.10. The van der Waals surface area contributed by atoms with Crippen molar-refractivity contribution in [3.8, 4) is 0 Å². The highest BCUT2D eigenvalue weighted by Gasteiger charge is 2.36. The molecular weight excluding hydrogens is 368 g/mol. The van der Waals surface area contributed by atoms with Crippen molar-refractivity contribution in [1.29, 1.82) is 0 Å². The van der Waals surface area contributed by atoms with Gasteiger partial charge in [0.2, 0.25) is 0 Å². The molecule has 136 valence electrons. The lowest BCUT2D eigenvalue weighted by atomic mass is 9.67. The Labute approximate surface area is 154 Å². The Balaban J connectivity index is 2.02. The maximum absolute atomic E-state index is 5.29. The molecule has 1 aromatic rings. The van der Waals surface area contributed by atoms with E-state index >= 15 is 0 Å². The van der Waals surface area contributed by atoms with Gasteiger partial charge in [-0.2, -0.15) is 0 Å². The molecule has 6 heteroatoms. The minimum atomic E-state index is 0.353. The van der Waals surface area contributed by atoms with Crippen LogP contribution in [0.25, 0.3) is 0 Å². The summed E-state index contributed by atoms with van der Waals surface area (Å²) in [6.45, 7) is 5.55. The van der Waals surface area contributed by atoms with E-state index in [1.165, 1.54) is 25.0 Å². The molecule has 1 N–H and O–H groups in total. The van der Waals surface area contributed by atoms with Crippen molar-refractivity contribution in [3.05, 3.63) is 22.4 Å². The third kappa shape index (κ3) is 4.99. The maximum Gasteiger partial charge on any atom is 0.194 e. The molecule has 0 bridgehead atoms. The second-order valence-electron chi connectivity index (χ2n) is 6.88. The summed E-state index contributed by atoms with van der Waals surface area (Å²) in [5.74, 6) is 0.985. The third-order valence-electron chi connectivity index (χ3n) is 4.99. The van der Waals surface area contributed by atoms with Gasteiger partial charge in [-0.3, -0.25) is 4.99 Å². The van der Waals surface area contributed by atoms with E-state index in [1.54, 1.807) is 7.11 Å². The van der Waals surface area contributed by atoms with E-state index in [1.807, 2.05) is 0 Å². The van der Waals surface area contributed by atoms with Gasteiger partial charge in [-0.15, -0.1) is 0 Å². The van der Waals surface area contributed by atoms with Gasteiger partial charge in [0.05, 0.1) is 6.54 Å². The summed E-state index contributed by atoms with van der Waals surface area (Å²) in [5.41, 5.74) is 1.61. The highest BCUT2D eigenvalue weighted by atomic mass is 79.9.